The Morgan fingerprint density at radius 3 is 1.89 bits per heavy atom. The second-order valence-corrected chi connectivity index (χ2v) is 6.43. The molecule has 4 aromatic carbocycles. The summed E-state index contributed by atoms with van der Waals surface area (Å²) in [5.74, 6) is -1.95. The molecular formula is C23H16FNO3. The maximum absolute atomic E-state index is 13.2. The summed E-state index contributed by atoms with van der Waals surface area (Å²) in [4.78, 5) is 25.1. The Bertz CT molecular complexity index is 1150. The van der Waals surface area contributed by atoms with Crippen molar-refractivity contribution in [3.63, 3.8) is 0 Å². The van der Waals surface area contributed by atoms with Crippen LogP contribution >= 0.6 is 0 Å². The van der Waals surface area contributed by atoms with Gasteiger partial charge in [-0.25, -0.2) is 9.18 Å². The zero-order chi connectivity index (χ0) is 19.7. The minimum atomic E-state index is -1.31. The van der Waals surface area contributed by atoms with Crippen LogP contribution in [0.2, 0.25) is 0 Å². The number of rotatable bonds is 4. The van der Waals surface area contributed by atoms with E-state index < -0.39 is 23.8 Å². The van der Waals surface area contributed by atoms with Crippen LogP contribution in [0.5, 0.6) is 0 Å². The zero-order valence-electron chi connectivity index (χ0n) is 14.8. The van der Waals surface area contributed by atoms with Gasteiger partial charge >= 0.3 is 5.97 Å². The van der Waals surface area contributed by atoms with Gasteiger partial charge in [0.25, 0.3) is 5.91 Å². The third-order valence-corrected chi connectivity index (χ3v) is 4.63. The fourth-order valence-electron chi connectivity index (χ4n) is 3.33. The summed E-state index contributed by atoms with van der Waals surface area (Å²) in [6, 6.07) is 22.0. The molecule has 4 rings (SSSR count). The molecular weight excluding hydrogens is 357 g/mol. The lowest BCUT2D eigenvalue weighted by molar-refractivity contribution is -0.127. The molecule has 1 atom stereocenters. The molecule has 138 valence electrons. The number of hydrogen-bond donors (Lipinski definition) is 1. The number of esters is 1. The van der Waals surface area contributed by atoms with E-state index >= 15 is 0 Å². The molecule has 2 N–H and O–H groups in total. The van der Waals surface area contributed by atoms with Gasteiger partial charge in [-0.3, -0.25) is 4.79 Å². The van der Waals surface area contributed by atoms with E-state index in [2.05, 4.69) is 0 Å². The minimum Gasteiger partial charge on any atom is -0.444 e. The van der Waals surface area contributed by atoms with E-state index in [4.69, 9.17) is 10.5 Å². The number of halogens is 1. The number of carbonyl (C=O) groups excluding carboxylic acids is 2. The van der Waals surface area contributed by atoms with Crippen LogP contribution in [0.1, 0.15) is 22.0 Å². The fraction of sp³-hybridized carbons (Fsp3) is 0.0435. The van der Waals surface area contributed by atoms with Crippen molar-refractivity contribution in [2.45, 2.75) is 6.10 Å². The molecule has 4 nitrogen and oxygen atoms in total. The van der Waals surface area contributed by atoms with Gasteiger partial charge in [-0.05, 0) is 39.7 Å². The Morgan fingerprint density at radius 1 is 0.821 bits per heavy atom. The van der Waals surface area contributed by atoms with E-state index in [1.165, 1.54) is 24.3 Å². The average Bonchev–Trinajstić information content (AvgIpc) is 2.70. The van der Waals surface area contributed by atoms with Crippen LogP contribution in [-0.2, 0) is 9.53 Å². The van der Waals surface area contributed by atoms with Gasteiger partial charge in [0.15, 0.2) is 0 Å². The Kier molecular flexibility index (Phi) is 4.49. The number of primary amides is 1. The quantitative estimate of drug-likeness (QED) is 0.422. The van der Waals surface area contributed by atoms with Crippen molar-refractivity contribution in [2.24, 2.45) is 5.73 Å². The van der Waals surface area contributed by atoms with E-state index in [0.717, 1.165) is 10.8 Å². The highest BCUT2D eigenvalue weighted by molar-refractivity contribution is 6.16. The average molecular weight is 373 g/mol. The van der Waals surface area contributed by atoms with E-state index in [9.17, 15) is 14.0 Å². The third-order valence-electron chi connectivity index (χ3n) is 4.63. The molecule has 0 fully saturated rings. The van der Waals surface area contributed by atoms with Crippen LogP contribution in [0, 0.1) is 5.82 Å². The van der Waals surface area contributed by atoms with Crippen LogP contribution in [0.15, 0.2) is 78.9 Å². The normalized spacial score (nSPS) is 12.0. The highest BCUT2D eigenvalue weighted by atomic mass is 19.1. The number of carbonyl (C=O) groups is 2. The fourth-order valence-corrected chi connectivity index (χ4v) is 3.33. The number of amides is 1. The van der Waals surface area contributed by atoms with E-state index in [1.54, 1.807) is 0 Å². The predicted octanol–water partition coefficient (Wildman–Crippen LogP) is 4.52. The molecule has 0 radical (unpaired) electrons. The van der Waals surface area contributed by atoms with Crippen LogP contribution < -0.4 is 5.73 Å². The zero-order valence-corrected chi connectivity index (χ0v) is 14.8. The van der Waals surface area contributed by atoms with Crippen molar-refractivity contribution in [1.82, 2.24) is 0 Å². The molecule has 5 heteroatoms. The lowest BCUT2D eigenvalue weighted by Crippen LogP contribution is -2.26. The Morgan fingerprint density at radius 2 is 1.36 bits per heavy atom. The van der Waals surface area contributed by atoms with Gasteiger partial charge in [0.05, 0.1) is 5.56 Å². The number of ether oxygens (including phenoxy) is 1. The first-order chi connectivity index (χ1) is 13.5. The summed E-state index contributed by atoms with van der Waals surface area (Å²) in [6.45, 7) is 0. The molecule has 1 unspecified atom stereocenters. The second-order valence-electron chi connectivity index (χ2n) is 6.43. The number of hydrogen-bond acceptors (Lipinski definition) is 3. The lowest BCUT2D eigenvalue weighted by atomic mass is 9.97. The van der Waals surface area contributed by atoms with Crippen molar-refractivity contribution in [2.75, 3.05) is 0 Å². The highest BCUT2D eigenvalue weighted by Gasteiger charge is 2.25. The number of fused-ring (bicyclic) bond motifs is 2. The summed E-state index contributed by atoms with van der Waals surface area (Å²) in [7, 11) is 0. The molecule has 0 saturated carbocycles. The van der Waals surface area contributed by atoms with Crippen molar-refractivity contribution in [1.29, 1.82) is 0 Å². The van der Waals surface area contributed by atoms with Crippen LogP contribution in [0.4, 0.5) is 4.39 Å². The van der Waals surface area contributed by atoms with Gasteiger partial charge in [-0.15, -0.1) is 0 Å². The van der Waals surface area contributed by atoms with Crippen LogP contribution in [0.25, 0.3) is 21.5 Å². The summed E-state index contributed by atoms with van der Waals surface area (Å²) in [5, 5.41) is 3.19. The molecule has 0 saturated heterocycles. The smallest absolute Gasteiger partial charge is 0.340 e. The van der Waals surface area contributed by atoms with Gasteiger partial charge < -0.3 is 10.5 Å². The molecule has 0 aliphatic carbocycles. The first-order valence-corrected chi connectivity index (χ1v) is 8.71. The topological polar surface area (TPSA) is 69.4 Å². The van der Waals surface area contributed by atoms with E-state index in [0.29, 0.717) is 21.9 Å². The van der Waals surface area contributed by atoms with Gasteiger partial charge in [-0.1, -0.05) is 60.7 Å². The van der Waals surface area contributed by atoms with Gasteiger partial charge in [0, 0.05) is 5.56 Å². The van der Waals surface area contributed by atoms with E-state index in [1.807, 2.05) is 54.6 Å². The number of nitrogens with two attached hydrogens (primary N) is 1. The molecule has 0 aliphatic heterocycles. The van der Waals surface area contributed by atoms with Crippen molar-refractivity contribution < 1.29 is 18.7 Å². The first kappa shape index (κ1) is 17.7. The predicted molar refractivity (Wildman–Crippen MR) is 105 cm³/mol. The van der Waals surface area contributed by atoms with E-state index in [-0.39, 0.29) is 0 Å². The highest BCUT2D eigenvalue weighted by Crippen LogP contribution is 2.30. The third kappa shape index (κ3) is 3.18. The van der Waals surface area contributed by atoms with Gasteiger partial charge in [0.2, 0.25) is 6.10 Å². The van der Waals surface area contributed by atoms with Gasteiger partial charge in [-0.2, -0.15) is 0 Å². The molecule has 28 heavy (non-hydrogen) atoms. The summed E-state index contributed by atoms with van der Waals surface area (Å²) < 4.78 is 18.7. The maximum Gasteiger partial charge on any atom is 0.340 e. The summed E-state index contributed by atoms with van der Waals surface area (Å²) in [5.41, 5.74) is 6.12. The molecule has 0 spiro atoms. The van der Waals surface area contributed by atoms with Gasteiger partial charge in [0.1, 0.15) is 5.82 Å². The molecule has 0 aromatic heterocycles. The van der Waals surface area contributed by atoms with Crippen molar-refractivity contribution >= 4 is 33.4 Å². The molecule has 1 amide bonds. The van der Waals surface area contributed by atoms with Crippen molar-refractivity contribution in [3.05, 3.63) is 95.8 Å². The van der Waals surface area contributed by atoms with Crippen molar-refractivity contribution in [3.8, 4) is 0 Å². The molecule has 0 aliphatic rings. The summed E-state index contributed by atoms with van der Waals surface area (Å²) in [6.07, 6.45) is -1.31. The monoisotopic (exact) mass is 373 g/mol. The maximum atomic E-state index is 13.2. The lowest BCUT2D eigenvalue weighted by Gasteiger charge is -2.17. The molecule has 4 aromatic rings. The standard InChI is InChI=1S/C23H16FNO3/c24-17-11-9-14(10-12-17)21(22(25)26)28-23(27)20-18-7-3-1-5-15(18)13-16-6-2-4-8-19(16)20/h1-13,21H,(H2,25,26). The SMILES string of the molecule is NC(=O)C(OC(=O)c1c2ccccc2cc2ccccc12)c1ccc(F)cc1. The summed E-state index contributed by atoms with van der Waals surface area (Å²) >= 11 is 0. The molecule has 0 bridgehead atoms. The van der Waals surface area contributed by atoms with Crippen LogP contribution in [0.3, 0.4) is 0 Å². The minimum absolute atomic E-state index is 0.312. The number of benzene rings is 4. The Labute approximate surface area is 160 Å². The Balaban J connectivity index is 1.83. The molecule has 0 heterocycles. The first-order valence-electron chi connectivity index (χ1n) is 8.71. The largest absolute Gasteiger partial charge is 0.444 e. The second kappa shape index (κ2) is 7.12. The Hall–Kier alpha value is -3.73. The van der Waals surface area contributed by atoms with Crippen LogP contribution in [-0.4, -0.2) is 11.9 Å².